The number of nitrogens with zero attached hydrogens (tertiary/aromatic N) is 3. The lowest BCUT2D eigenvalue weighted by atomic mass is 10.1. The molecule has 10 heteroatoms. The van der Waals surface area contributed by atoms with Gasteiger partial charge in [0.1, 0.15) is 5.75 Å². The number of aliphatic imine (C=N–C) groups is 1. The van der Waals surface area contributed by atoms with Gasteiger partial charge in [-0.25, -0.2) is 4.79 Å². The Hall–Kier alpha value is -3.95. The number of hydrogen-bond acceptors (Lipinski definition) is 7. The topological polar surface area (TPSA) is 108 Å². The Labute approximate surface area is 196 Å². The van der Waals surface area contributed by atoms with Crippen molar-refractivity contribution in [2.45, 2.75) is 0 Å². The van der Waals surface area contributed by atoms with Crippen LogP contribution in [0.2, 0.25) is 5.02 Å². The van der Waals surface area contributed by atoms with Crippen LogP contribution in [-0.4, -0.2) is 32.9 Å². The molecule has 33 heavy (non-hydrogen) atoms. The van der Waals surface area contributed by atoms with E-state index in [2.05, 4.69) is 10.1 Å². The Morgan fingerprint density at radius 2 is 1.91 bits per heavy atom. The highest BCUT2D eigenvalue weighted by Crippen LogP contribution is 2.31. The molecule has 0 unspecified atom stereocenters. The summed E-state index contributed by atoms with van der Waals surface area (Å²) in [6, 6.07) is 16.6. The van der Waals surface area contributed by atoms with Gasteiger partial charge in [0, 0.05) is 0 Å². The minimum atomic E-state index is -0.574. The number of amides is 1. The lowest BCUT2D eigenvalue weighted by molar-refractivity contribution is -0.114. The van der Waals surface area contributed by atoms with E-state index in [0.29, 0.717) is 32.3 Å². The highest BCUT2D eigenvalue weighted by atomic mass is 35.5. The zero-order valence-electron chi connectivity index (χ0n) is 16.7. The first-order valence-corrected chi connectivity index (χ1v) is 10.8. The third-order valence-corrected chi connectivity index (χ3v) is 5.93. The van der Waals surface area contributed by atoms with Gasteiger partial charge < -0.3 is 9.15 Å². The van der Waals surface area contributed by atoms with Gasteiger partial charge in [-0.15, -0.1) is 0 Å². The number of carbonyl (C=O) groups is 2. The van der Waals surface area contributed by atoms with Crippen molar-refractivity contribution in [1.82, 2.24) is 5.01 Å². The summed E-state index contributed by atoms with van der Waals surface area (Å²) in [5.41, 5.74) is 0.976. The van der Waals surface area contributed by atoms with E-state index in [1.807, 2.05) is 0 Å². The number of hydrogen-bond donors (Lipinski definition) is 1. The highest BCUT2D eigenvalue weighted by Gasteiger charge is 2.36. The second-order valence-electron chi connectivity index (χ2n) is 6.84. The number of amidine groups is 2. The maximum atomic E-state index is 12.6. The molecule has 0 bridgehead atoms. The van der Waals surface area contributed by atoms with E-state index in [4.69, 9.17) is 26.2 Å². The average molecular weight is 477 g/mol. The number of ether oxygens (including phenoxy) is 1. The van der Waals surface area contributed by atoms with E-state index in [1.54, 1.807) is 60.7 Å². The van der Waals surface area contributed by atoms with Crippen LogP contribution < -0.4 is 4.74 Å². The van der Waals surface area contributed by atoms with Crippen molar-refractivity contribution in [3.05, 3.63) is 94.4 Å². The summed E-state index contributed by atoms with van der Waals surface area (Å²) in [4.78, 5) is 28.9. The van der Waals surface area contributed by atoms with Gasteiger partial charge >= 0.3 is 5.97 Å². The molecule has 0 radical (unpaired) electrons. The zero-order valence-corrected chi connectivity index (χ0v) is 18.3. The van der Waals surface area contributed by atoms with Gasteiger partial charge in [0.15, 0.2) is 16.6 Å². The van der Waals surface area contributed by atoms with Crippen LogP contribution in [0.4, 0.5) is 0 Å². The van der Waals surface area contributed by atoms with Crippen LogP contribution in [0.15, 0.2) is 87.0 Å². The molecule has 5 rings (SSSR count). The second-order valence-corrected chi connectivity index (χ2v) is 8.20. The summed E-state index contributed by atoms with van der Waals surface area (Å²) in [5.74, 6) is -0.354. The number of furan rings is 1. The maximum Gasteiger partial charge on any atom is 0.345 e. The standard InChI is InChI=1S/C23H13ClN4O4S/c24-17-5-2-1-4-15(17)22(30)32-14-9-7-13(8-10-14)12-16-19(25)28-23(26-20(16)29)33-21(27-28)18-6-3-11-31-18/h1-12,25H. The predicted octanol–water partition coefficient (Wildman–Crippen LogP) is 4.82. The number of nitrogens with one attached hydrogen (secondary N) is 1. The monoisotopic (exact) mass is 476 g/mol. The van der Waals surface area contributed by atoms with Crippen molar-refractivity contribution in [3.8, 4) is 5.75 Å². The van der Waals surface area contributed by atoms with Crippen molar-refractivity contribution >= 4 is 57.4 Å². The summed E-state index contributed by atoms with van der Waals surface area (Å²) in [7, 11) is 0. The molecule has 0 saturated heterocycles. The highest BCUT2D eigenvalue weighted by molar-refractivity contribution is 8.27. The van der Waals surface area contributed by atoms with E-state index in [9.17, 15) is 9.59 Å². The number of fused-ring (bicyclic) bond motifs is 1. The molecule has 0 aliphatic carbocycles. The Bertz CT molecular complexity index is 1380. The third kappa shape index (κ3) is 4.11. The molecule has 0 atom stereocenters. The van der Waals surface area contributed by atoms with Crippen LogP contribution in [0.3, 0.4) is 0 Å². The van der Waals surface area contributed by atoms with Gasteiger partial charge in [-0.2, -0.15) is 15.1 Å². The average Bonchev–Trinajstić information content (AvgIpc) is 3.48. The molecule has 2 aromatic carbocycles. The molecule has 1 N–H and O–H groups in total. The predicted molar refractivity (Wildman–Crippen MR) is 126 cm³/mol. The van der Waals surface area contributed by atoms with E-state index in [-0.39, 0.29) is 17.0 Å². The van der Waals surface area contributed by atoms with Crippen LogP contribution >= 0.6 is 23.4 Å². The number of rotatable bonds is 4. The molecule has 0 saturated carbocycles. The molecule has 1 amide bonds. The van der Waals surface area contributed by atoms with Crippen LogP contribution in [0.5, 0.6) is 5.75 Å². The quantitative estimate of drug-likeness (QED) is 0.328. The van der Waals surface area contributed by atoms with E-state index >= 15 is 0 Å². The van der Waals surface area contributed by atoms with Gasteiger partial charge in [-0.3, -0.25) is 10.2 Å². The lowest BCUT2D eigenvalue weighted by Gasteiger charge is -2.20. The van der Waals surface area contributed by atoms with Gasteiger partial charge in [-0.1, -0.05) is 35.9 Å². The lowest BCUT2D eigenvalue weighted by Crippen LogP contribution is -2.35. The summed E-state index contributed by atoms with van der Waals surface area (Å²) in [6.07, 6.45) is 3.06. The number of hydrazone groups is 1. The number of carbonyl (C=O) groups excluding carboxylic acids is 2. The van der Waals surface area contributed by atoms with Crippen molar-refractivity contribution in [2.24, 2.45) is 10.1 Å². The molecule has 1 aromatic heterocycles. The Morgan fingerprint density at radius 1 is 1.12 bits per heavy atom. The molecule has 2 aliphatic heterocycles. The van der Waals surface area contributed by atoms with Gasteiger partial charge in [-0.05, 0) is 59.8 Å². The van der Waals surface area contributed by atoms with Gasteiger partial charge in [0.25, 0.3) is 5.91 Å². The number of halogens is 1. The van der Waals surface area contributed by atoms with Crippen LogP contribution in [0.1, 0.15) is 21.7 Å². The first-order chi connectivity index (χ1) is 16.0. The van der Waals surface area contributed by atoms with Crippen molar-refractivity contribution in [3.63, 3.8) is 0 Å². The second kappa shape index (κ2) is 8.53. The minimum Gasteiger partial charge on any atom is -0.462 e. The number of esters is 1. The molecular formula is C23H13ClN4O4S. The van der Waals surface area contributed by atoms with Crippen molar-refractivity contribution < 1.29 is 18.7 Å². The molecule has 2 aliphatic rings. The molecule has 162 valence electrons. The first kappa shape index (κ1) is 20.9. The Balaban J connectivity index is 1.34. The van der Waals surface area contributed by atoms with Gasteiger partial charge in [0.05, 0.1) is 22.4 Å². The number of benzene rings is 2. The zero-order chi connectivity index (χ0) is 22.9. The van der Waals surface area contributed by atoms with Crippen molar-refractivity contribution in [2.75, 3.05) is 0 Å². The fraction of sp³-hybridized carbons (Fsp3) is 0. The fourth-order valence-electron chi connectivity index (χ4n) is 3.08. The fourth-order valence-corrected chi connectivity index (χ4v) is 4.15. The molecule has 0 spiro atoms. The Morgan fingerprint density at radius 3 is 2.64 bits per heavy atom. The van der Waals surface area contributed by atoms with Crippen molar-refractivity contribution in [1.29, 1.82) is 5.41 Å². The van der Waals surface area contributed by atoms with E-state index in [1.165, 1.54) is 17.3 Å². The van der Waals surface area contributed by atoms with Crippen LogP contribution in [-0.2, 0) is 4.79 Å². The maximum absolute atomic E-state index is 12.6. The minimum absolute atomic E-state index is 0.0876. The first-order valence-electron chi connectivity index (χ1n) is 9.60. The summed E-state index contributed by atoms with van der Waals surface area (Å²) >= 11 is 7.19. The van der Waals surface area contributed by atoms with Crippen LogP contribution in [0, 0.1) is 5.41 Å². The molecule has 0 fully saturated rings. The molecule has 8 nitrogen and oxygen atoms in total. The third-order valence-electron chi connectivity index (χ3n) is 4.68. The summed E-state index contributed by atoms with van der Waals surface area (Å²) < 4.78 is 10.7. The Kier molecular flexibility index (Phi) is 5.41. The number of thioether (sulfide) groups is 1. The normalized spacial score (nSPS) is 16.5. The largest absolute Gasteiger partial charge is 0.462 e. The van der Waals surface area contributed by atoms with Crippen LogP contribution in [0.25, 0.3) is 6.08 Å². The molecular weight excluding hydrogens is 464 g/mol. The summed E-state index contributed by atoms with van der Waals surface area (Å²) in [6.45, 7) is 0. The molecule has 3 aromatic rings. The molecule has 3 heterocycles. The van der Waals surface area contributed by atoms with Gasteiger partial charge in [0.2, 0.25) is 5.17 Å². The summed E-state index contributed by atoms with van der Waals surface area (Å²) in [5, 5.41) is 15.2. The van der Waals surface area contributed by atoms with E-state index in [0.717, 1.165) is 11.8 Å². The van der Waals surface area contributed by atoms with E-state index < -0.39 is 11.9 Å². The SMILES string of the molecule is N=C1C(=Cc2ccc(OC(=O)c3ccccc3Cl)cc2)C(=O)N=C2SC(c3ccco3)=NN12. The smallest absolute Gasteiger partial charge is 0.345 e.